The van der Waals surface area contributed by atoms with Crippen LogP contribution in [0.1, 0.15) is 26.3 Å². The molecule has 34 heavy (non-hydrogen) atoms. The number of anilines is 1. The summed E-state index contributed by atoms with van der Waals surface area (Å²) in [6.07, 6.45) is 0.291. The standard InChI is InChI=1S/C24H24N2O8/c1-4-32-17-10-11-19(20(13-17)33-5-2)26-22(28)18(21(27)25-24(26)31)12-15-6-8-16(9-7-15)34-14(3)23(29)30/h6-14H,4-5H2,1-3H3,(H,29,30)(H,25,27,31)/b18-12-/t14-/m0/s1. The molecule has 0 radical (unpaired) electrons. The molecule has 10 heteroatoms. The molecule has 2 N–H and O–H groups in total. The number of rotatable bonds is 9. The monoisotopic (exact) mass is 468 g/mol. The Bertz CT molecular complexity index is 1140. The minimum Gasteiger partial charge on any atom is -0.494 e. The third kappa shape index (κ3) is 5.34. The summed E-state index contributed by atoms with van der Waals surface area (Å²) in [5.41, 5.74) is 0.376. The summed E-state index contributed by atoms with van der Waals surface area (Å²) in [4.78, 5) is 50.0. The maximum absolute atomic E-state index is 13.2. The van der Waals surface area contributed by atoms with Gasteiger partial charge in [0.05, 0.1) is 18.9 Å². The SMILES string of the molecule is CCOc1ccc(N2C(=O)NC(=O)/C(=C/c3ccc(O[C@@H](C)C(=O)O)cc3)C2=O)c(OCC)c1. The lowest BCUT2D eigenvalue weighted by molar-refractivity contribution is -0.144. The topological polar surface area (TPSA) is 131 Å². The number of hydrogen-bond acceptors (Lipinski definition) is 7. The largest absolute Gasteiger partial charge is 0.494 e. The molecule has 0 spiro atoms. The molecule has 0 bridgehead atoms. The molecule has 2 aromatic carbocycles. The lowest BCUT2D eigenvalue weighted by Gasteiger charge is -2.28. The molecule has 3 rings (SSSR count). The van der Waals surface area contributed by atoms with Crippen molar-refractivity contribution >= 4 is 35.6 Å². The zero-order chi connectivity index (χ0) is 24.8. The minimum absolute atomic E-state index is 0.164. The third-order valence-corrected chi connectivity index (χ3v) is 4.74. The number of ether oxygens (including phenoxy) is 3. The van der Waals surface area contributed by atoms with Crippen molar-refractivity contribution in [2.24, 2.45) is 0 Å². The lowest BCUT2D eigenvalue weighted by atomic mass is 10.1. The van der Waals surface area contributed by atoms with Crippen LogP contribution in [-0.4, -0.2) is 48.2 Å². The van der Waals surface area contributed by atoms with Crippen molar-refractivity contribution < 1.29 is 38.5 Å². The predicted octanol–water partition coefficient (Wildman–Crippen LogP) is 3.00. The number of amides is 4. The van der Waals surface area contributed by atoms with Crippen LogP contribution in [0.15, 0.2) is 48.0 Å². The van der Waals surface area contributed by atoms with E-state index in [1.54, 1.807) is 31.2 Å². The van der Waals surface area contributed by atoms with Crippen molar-refractivity contribution in [2.45, 2.75) is 26.9 Å². The van der Waals surface area contributed by atoms with E-state index in [4.69, 9.17) is 19.3 Å². The molecule has 0 aromatic heterocycles. The number of carbonyl (C=O) groups excluding carboxylic acids is 3. The van der Waals surface area contributed by atoms with Gasteiger partial charge in [0.1, 0.15) is 22.8 Å². The smallest absolute Gasteiger partial charge is 0.344 e. The molecule has 4 amide bonds. The van der Waals surface area contributed by atoms with Crippen LogP contribution < -0.4 is 24.4 Å². The molecular weight excluding hydrogens is 444 g/mol. The first-order valence-electron chi connectivity index (χ1n) is 10.6. The van der Waals surface area contributed by atoms with Crippen molar-refractivity contribution in [3.8, 4) is 17.2 Å². The zero-order valence-electron chi connectivity index (χ0n) is 18.9. The Kier molecular flexibility index (Phi) is 7.52. The predicted molar refractivity (Wildman–Crippen MR) is 122 cm³/mol. The van der Waals surface area contributed by atoms with Crippen LogP contribution in [0, 0.1) is 0 Å². The Morgan fingerprint density at radius 2 is 1.68 bits per heavy atom. The number of nitrogens with one attached hydrogen (secondary N) is 1. The average Bonchev–Trinajstić information content (AvgIpc) is 2.79. The van der Waals surface area contributed by atoms with Crippen LogP contribution in [0.25, 0.3) is 6.08 Å². The van der Waals surface area contributed by atoms with Crippen molar-refractivity contribution in [3.05, 3.63) is 53.6 Å². The van der Waals surface area contributed by atoms with Gasteiger partial charge in [0.15, 0.2) is 6.10 Å². The second-order valence-electron chi connectivity index (χ2n) is 7.12. The van der Waals surface area contributed by atoms with Gasteiger partial charge < -0.3 is 19.3 Å². The van der Waals surface area contributed by atoms with Gasteiger partial charge in [0, 0.05) is 6.07 Å². The average molecular weight is 468 g/mol. The number of barbiturate groups is 1. The lowest BCUT2D eigenvalue weighted by Crippen LogP contribution is -2.54. The summed E-state index contributed by atoms with van der Waals surface area (Å²) in [5.74, 6) is -1.70. The molecule has 1 fully saturated rings. The van der Waals surface area contributed by atoms with Gasteiger partial charge in [-0.25, -0.2) is 14.5 Å². The number of aliphatic carboxylic acids is 1. The molecular formula is C24H24N2O8. The Labute approximate surface area is 195 Å². The molecule has 1 saturated heterocycles. The first-order valence-corrected chi connectivity index (χ1v) is 10.6. The Morgan fingerprint density at radius 3 is 2.29 bits per heavy atom. The van der Waals surface area contributed by atoms with Crippen LogP contribution in [0.4, 0.5) is 10.5 Å². The second kappa shape index (κ2) is 10.5. The highest BCUT2D eigenvalue weighted by atomic mass is 16.5. The maximum Gasteiger partial charge on any atom is 0.344 e. The third-order valence-electron chi connectivity index (χ3n) is 4.74. The number of imide groups is 2. The van der Waals surface area contributed by atoms with E-state index in [-0.39, 0.29) is 23.6 Å². The summed E-state index contributed by atoms with van der Waals surface area (Å²) in [6, 6.07) is 9.92. The van der Waals surface area contributed by atoms with Crippen molar-refractivity contribution in [1.29, 1.82) is 0 Å². The zero-order valence-corrected chi connectivity index (χ0v) is 18.9. The molecule has 178 valence electrons. The molecule has 0 unspecified atom stereocenters. The molecule has 1 heterocycles. The molecule has 1 atom stereocenters. The van der Waals surface area contributed by atoms with Gasteiger partial charge in [-0.2, -0.15) is 0 Å². The number of carboxylic acid groups (broad SMARTS) is 1. The highest BCUT2D eigenvalue weighted by molar-refractivity contribution is 6.39. The molecule has 1 aliphatic rings. The van der Waals surface area contributed by atoms with Gasteiger partial charge in [-0.1, -0.05) is 12.1 Å². The maximum atomic E-state index is 13.2. The van der Waals surface area contributed by atoms with Gasteiger partial charge in [0.25, 0.3) is 11.8 Å². The van der Waals surface area contributed by atoms with E-state index in [2.05, 4.69) is 5.32 Å². The first kappa shape index (κ1) is 24.3. The highest BCUT2D eigenvalue weighted by Crippen LogP contribution is 2.35. The fourth-order valence-electron chi connectivity index (χ4n) is 3.15. The summed E-state index contributed by atoms with van der Waals surface area (Å²) in [7, 11) is 0. The van der Waals surface area contributed by atoms with Crippen LogP contribution in [0.3, 0.4) is 0 Å². The van der Waals surface area contributed by atoms with Gasteiger partial charge in [-0.3, -0.25) is 14.9 Å². The van der Waals surface area contributed by atoms with E-state index in [0.29, 0.717) is 23.7 Å². The molecule has 1 aliphatic heterocycles. The summed E-state index contributed by atoms with van der Waals surface area (Å²) in [5, 5.41) is 11.1. The summed E-state index contributed by atoms with van der Waals surface area (Å²) < 4.78 is 16.3. The Balaban J connectivity index is 1.92. The Hall–Kier alpha value is -4.34. The van der Waals surface area contributed by atoms with Crippen molar-refractivity contribution in [3.63, 3.8) is 0 Å². The molecule has 0 aliphatic carbocycles. The number of carbonyl (C=O) groups is 4. The van der Waals surface area contributed by atoms with Gasteiger partial charge >= 0.3 is 12.0 Å². The first-order chi connectivity index (χ1) is 16.2. The van der Waals surface area contributed by atoms with E-state index < -0.39 is 29.9 Å². The summed E-state index contributed by atoms with van der Waals surface area (Å²) in [6.45, 7) is 5.68. The van der Waals surface area contributed by atoms with Crippen LogP contribution in [0.5, 0.6) is 17.2 Å². The van der Waals surface area contributed by atoms with Crippen LogP contribution in [-0.2, 0) is 14.4 Å². The summed E-state index contributed by atoms with van der Waals surface area (Å²) >= 11 is 0. The van der Waals surface area contributed by atoms with Crippen LogP contribution in [0.2, 0.25) is 0 Å². The number of carboxylic acids is 1. The minimum atomic E-state index is -1.11. The number of hydrogen-bond donors (Lipinski definition) is 2. The molecule has 10 nitrogen and oxygen atoms in total. The van der Waals surface area contributed by atoms with Gasteiger partial charge in [-0.05, 0) is 56.7 Å². The van der Waals surface area contributed by atoms with Gasteiger partial charge in [0.2, 0.25) is 0 Å². The van der Waals surface area contributed by atoms with Crippen LogP contribution >= 0.6 is 0 Å². The van der Waals surface area contributed by atoms with Gasteiger partial charge in [-0.15, -0.1) is 0 Å². The van der Waals surface area contributed by atoms with E-state index >= 15 is 0 Å². The van der Waals surface area contributed by atoms with E-state index in [1.807, 2.05) is 6.92 Å². The number of nitrogens with zero attached hydrogens (tertiary/aromatic N) is 1. The molecule has 0 saturated carbocycles. The number of urea groups is 1. The quantitative estimate of drug-likeness (QED) is 0.424. The van der Waals surface area contributed by atoms with E-state index in [0.717, 1.165) is 4.90 Å². The fourth-order valence-corrected chi connectivity index (χ4v) is 3.15. The van der Waals surface area contributed by atoms with E-state index in [1.165, 1.54) is 31.2 Å². The highest BCUT2D eigenvalue weighted by Gasteiger charge is 2.38. The van der Waals surface area contributed by atoms with E-state index in [9.17, 15) is 19.2 Å². The van der Waals surface area contributed by atoms with Crippen molar-refractivity contribution in [1.82, 2.24) is 5.32 Å². The Morgan fingerprint density at radius 1 is 1.03 bits per heavy atom. The fraction of sp³-hybridized carbons (Fsp3) is 0.250. The number of benzene rings is 2. The molecule has 2 aromatic rings. The second-order valence-corrected chi connectivity index (χ2v) is 7.12. The normalized spacial score (nSPS) is 15.7. The van der Waals surface area contributed by atoms with Crippen molar-refractivity contribution in [2.75, 3.05) is 18.1 Å².